The molecule has 0 aliphatic heterocycles. The summed E-state index contributed by atoms with van der Waals surface area (Å²) in [6, 6.07) is 14.4. The van der Waals surface area contributed by atoms with Gasteiger partial charge in [-0.3, -0.25) is 4.79 Å². The second kappa shape index (κ2) is 8.71. The SMILES string of the molecule is Cc1c(Cl)cccc1NC(=O)c1ccnc(Nc2ccc(OC(C)C)cc2)n1. The molecule has 0 aliphatic rings. The normalized spacial score (nSPS) is 10.6. The molecular weight excluding hydrogens is 376 g/mol. The highest BCUT2D eigenvalue weighted by Crippen LogP contribution is 2.23. The fourth-order valence-electron chi connectivity index (χ4n) is 2.49. The molecule has 1 aromatic heterocycles. The number of anilines is 3. The predicted octanol–water partition coefficient (Wildman–Crippen LogP) is 5.22. The smallest absolute Gasteiger partial charge is 0.274 e. The third-order valence-corrected chi connectivity index (χ3v) is 4.30. The Morgan fingerprint density at radius 1 is 1.11 bits per heavy atom. The molecule has 0 unspecified atom stereocenters. The minimum absolute atomic E-state index is 0.112. The van der Waals surface area contributed by atoms with Crippen molar-refractivity contribution in [2.24, 2.45) is 0 Å². The Morgan fingerprint density at radius 3 is 2.57 bits per heavy atom. The van der Waals surface area contributed by atoms with Crippen molar-refractivity contribution in [2.45, 2.75) is 26.9 Å². The van der Waals surface area contributed by atoms with E-state index in [0.29, 0.717) is 16.7 Å². The molecule has 0 radical (unpaired) electrons. The molecule has 0 spiro atoms. The van der Waals surface area contributed by atoms with Crippen LogP contribution in [0.2, 0.25) is 5.02 Å². The Balaban J connectivity index is 1.71. The first-order valence-corrected chi connectivity index (χ1v) is 9.23. The summed E-state index contributed by atoms with van der Waals surface area (Å²) in [6.07, 6.45) is 1.64. The zero-order chi connectivity index (χ0) is 20.1. The summed E-state index contributed by atoms with van der Waals surface area (Å²) in [7, 11) is 0. The van der Waals surface area contributed by atoms with E-state index in [9.17, 15) is 4.79 Å². The lowest BCUT2D eigenvalue weighted by atomic mass is 10.2. The first-order valence-electron chi connectivity index (χ1n) is 8.85. The lowest BCUT2D eigenvalue weighted by Crippen LogP contribution is -2.15. The van der Waals surface area contributed by atoms with Gasteiger partial charge in [0.15, 0.2) is 0 Å². The molecule has 1 amide bonds. The number of aromatic nitrogens is 2. The van der Waals surface area contributed by atoms with Gasteiger partial charge in [0.05, 0.1) is 6.10 Å². The maximum atomic E-state index is 12.5. The molecule has 3 rings (SSSR count). The molecule has 2 N–H and O–H groups in total. The number of carbonyl (C=O) groups is 1. The lowest BCUT2D eigenvalue weighted by Gasteiger charge is -2.11. The van der Waals surface area contributed by atoms with Gasteiger partial charge in [0.1, 0.15) is 11.4 Å². The summed E-state index contributed by atoms with van der Waals surface area (Å²) in [6.45, 7) is 5.79. The first-order chi connectivity index (χ1) is 13.4. The molecule has 144 valence electrons. The van der Waals surface area contributed by atoms with Crippen molar-refractivity contribution in [3.63, 3.8) is 0 Å². The van der Waals surface area contributed by atoms with Gasteiger partial charge in [-0.15, -0.1) is 0 Å². The molecule has 3 aromatic rings. The van der Waals surface area contributed by atoms with Gasteiger partial charge in [0, 0.05) is 22.6 Å². The van der Waals surface area contributed by atoms with Gasteiger partial charge >= 0.3 is 0 Å². The molecule has 28 heavy (non-hydrogen) atoms. The van der Waals surface area contributed by atoms with Gasteiger partial charge in [0.25, 0.3) is 5.91 Å². The van der Waals surface area contributed by atoms with Crippen LogP contribution in [0.3, 0.4) is 0 Å². The van der Waals surface area contributed by atoms with Gasteiger partial charge in [-0.2, -0.15) is 0 Å². The number of carbonyl (C=O) groups excluding carboxylic acids is 1. The summed E-state index contributed by atoms with van der Waals surface area (Å²) in [5, 5.41) is 6.50. The topological polar surface area (TPSA) is 76.1 Å². The van der Waals surface area contributed by atoms with Crippen LogP contribution in [0.25, 0.3) is 0 Å². The van der Waals surface area contributed by atoms with Crippen molar-refractivity contribution in [1.29, 1.82) is 0 Å². The second-order valence-electron chi connectivity index (χ2n) is 6.45. The summed E-state index contributed by atoms with van der Waals surface area (Å²) < 4.78 is 5.62. The van der Waals surface area contributed by atoms with Gasteiger partial charge < -0.3 is 15.4 Å². The van der Waals surface area contributed by atoms with E-state index >= 15 is 0 Å². The second-order valence-corrected chi connectivity index (χ2v) is 6.86. The summed E-state index contributed by atoms with van der Waals surface area (Å²) in [5.74, 6) is 0.774. The Labute approximate surface area is 168 Å². The van der Waals surface area contributed by atoms with Crippen molar-refractivity contribution < 1.29 is 9.53 Å². The highest BCUT2D eigenvalue weighted by Gasteiger charge is 2.12. The van der Waals surface area contributed by atoms with E-state index in [0.717, 1.165) is 17.0 Å². The maximum absolute atomic E-state index is 12.5. The Bertz CT molecular complexity index is 974. The monoisotopic (exact) mass is 396 g/mol. The van der Waals surface area contributed by atoms with E-state index < -0.39 is 0 Å². The zero-order valence-electron chi connectivity index (χ0n) is 15.9. The number of benzene rings is 2. The van der Waals surface area contributed by atoms with E-state index in [2.05, 4.69) is 20.6 Å². The number of nitrogens with one attached hydrogen (secondary N) is 2. The summed E-state index contributed by atoms with van der Waals surface area (Å²) in [4.78, 5) is 21.0. The number of hydrogen-bond donors (Lipinski definition) is 2. The van der Waals surface area contributed by atoms with Gasteiger partial charge in [-0.1, -0.05) is 17.7 Å². The van der Waals surface area contributed by atoms with Crippen LogP contribution in [0.4, 0.5) is 17.3 Å². The zero-order valence-corrected chi connectivity index (χ0v) is 16.6. The van der Waals surface area contributed by atoms with E-state index in [1.165, 1.54) is 6.20 Å². The van der Waals surface area contributed by atoms with Crippen LogP contribution in [0.1, 0.15) is 29.9 Å². The quantitative estimate of drug-likeness (QED) is 0.597. The number of amides is 1. The van der Waals surface area contributed by atoms with Crippen LogP contribution in [-0.4, -0.2) is 22.0 Å². The third-order valence-electron chi connectivity index (χ3n) is 3.89. The van der Waals surface area contributed by atoms with Gasteiger partial charge in [-0.25, -0.2) is 9.97 Å². The molecule has 0 atom stereocenters. The molecule has 0 fully saturated rings. The van der Waals surface area contributed by atoms with Crippen LogP contribution in [0.5, 0.6) is 5.75 Å². The van der Waals surface area contributed by atoms with Crippen LogP contribution in [-0.2, 0) is 0 Å². The minimum atomic E-state index is -0.337. The predicted molar refractivity (Wildman–Crippen MR) is 112 cm³/mol. The summed E-state index contributed by atoms with van der Waals surface area (Å²) >= 11 is 6.10. The fraction of sp³-hybridized carbons (Fsp3) is 0.190. The van der Waals surface area contributed by atoms with Crippen molar-refractivity contribution in [1.82, 2.24) is 9.97 Å². The molecular formula is C21H21ClN4O2. The number of hydrogen-bond acceptors (Lipinski definition) is 5. The van der Waals surface area contributed by atoms with Crippen LogP contribution in [0.15, 0.2) is 54.7 Å². The average Bonchev–Trinajstić information content (AvgIpc) is 2.67. The maximum Gasteiger partial charge on any atom is 0.274 e. The molecule has 0 bridgehead atoms. The van der Waals surface area contributed by atoms with Crippen molar-refractivity contribution in [2.75, 3.05) is 10.6 Å². The molecule has 0 saturated carbocycles. The number of ether oxygens (including phenoxy) is 1. The largest absolute Gasteiger partial charge is 0.491 e. The van der Waals surface area contributed by atoms with Crippen LogP contribution in [0, 0.1) is 6.92 Å². The third kappa shape index (κ3) is 4.98. The Kier molecular flexibility index (Phi) is 6.11. The highest BCUT2D eigenvalue weighted by molar-refractivity contribution is 6.31. The fourth-order valence-corrected chi connectivity index (χ4v) is 2.67. The summed E-state index contributed by atoms with van der Waals surface area (Å²) in [5.41, 5.74) is 2.48. The molecule has 0 aliphatic carbocycles. The Hall–Kier alpha value is -3.12. The number of halogens is 1. The van der Waals surface area contributed by atoms with Crippen molar-refractivity contribution >= 4 is 34.8 Å². The van der Waals surface area contributed by atoms with Crippen LogP contribution < -0.4 is 15.4 Å². The number of nitrogens with zero attached hydrogens (tertiary/aromatic N) is 2. The van der Waals surface area contributed by atoms with E-state index in [1.807, 2.05) is 45.0 Å². The molecule has 1 heterocycles. The van der Waals surface area contributed by atoms with E-state index in [4.69, 9.17) is 16.3 Å². The van der Waals surface area contributed by atoms with Crippen molar-refractivity contribution in [3.05, 3.63) is 71.0 Å². The first kappa shape index (κ1) is 19.6. The minimum Gasteiger partial charge on any atom is -0.491 e. The standard InChI is InChI=1S/C21H21ClN4O2/c1-13(2)28-16-9-7-15(8-10-16)24-21-23-12-11-19(26-21)20(27)25-18-6-4-5-17(22)14(18)3/h4-13H,1-3H3,(H,25,27)(H,23,24,26). The molecule has 6 nitrogen and oxygen atoms in total. The van der Waals surface area contributed by atoms with Gasteiger partial charge in [-0.05, 0) is 68.8 Å². The molecule has 2 aromatic carbocycles. The van der Waals surface area contributed by atoms with Crippen LogP contribution >= 0.6 is 11.6 Å². The Morgan fingerprint density at radius 2 is 1.86 bits per heavy atom. The molecule has 0 saturated heterocycles. The van der Waals surface area contributed by atoms with E-state index in [1.54, 1.807) is 24.3 Å². The highest BCUT2D eigenvalue weighted by atomic mass is 35.5. The van der Waals surface area contributed by atoms with Gasteiger partial charge in [0.2, 0.25) is 5.95 Å². The number of rotatable bonds is 6. The lowest BCUT2D eigenvalue weighted by molar-refractivity contribution is 0.102. The van der Waals surface area contributed by atoms with Crippen molar-refractivity contribution in [3.8, 4) is 5.75 Å². The molecule has 7 heteroatoms. The van der Waals surface area contributed by atoms with E-state index in [-0.39, 0.29) is 17.7 Å². The average molecular weight is 397 g/mol.